The molecule has 1 aromatic carbocycles. The van der Waals surface area contributed by atoms with Crippen molar-refractivity contribution in [1.29, 1.82) is 0 Å². The topological polar surface area (TPSA) is 47.6 Å². The summed E-state index contributed by atoms with van der Waals surface area (Å²) in [6, 6.07) is 9.25. The number of likely N-dealkylation sites (tertiary alicyclic amines) is 1. The fourth-order valence-corrected chi connectivity index (χ4v) is 4.27. The molecule has 1 saturated heterocycles. The fourth-order valence-electron chi connectivity index (χ4n) is 4.27. The van der Waals surface area contributed by atoms with E-state index in [0.29, 0.717) is 6.54 Å². The second-order valence-corrected chi connectivity index (χ2v) is 8.02. The van der Waals surface area contributed by atoms with Gasteiger partial charge in [0, 0.05) is 45.0 Å². The molecule has 1 unspecified atom stereocenters. The Hall–Kier alpha value is -1.75. The first-order valence-corrected chi connectivity index (χ1v) is 10.2. The van der Waals surface area contributed by atoms with Gasteiger partial charge in [-0.3, -0.25) is 4.90 Å². The van der Waals surface area contributed by atoms with Gasteiger partial charge in [-0.2, -0.15) is 0 Å². The first kappa shape index (κ1) is 19.0. The molecule has 2 amide bonds. The molecule has 5 nitrogen and oxygen atoms in total. The Morgan fingerprint density at radius 1 is 1.15 bits per heavy atom. The maximum Gasteiger partial charge on any atom is 0.315 e. The molecular formula is C21H34N4O. The van der Waals surface area contributed by atoms with Crippen LogP contribution in [0.4, 0.5) is 10.5 Å². The lowest BCUT2D eigenvalue weighted by Gasteiger charge is -2.40. The number of carbonyl (C=O) groups is 1. The van der Waals surface area contributed by atoms with Crippen LogP contribution in [0, 0.1) is 0 Å². The van der Waals surface area contributed by atoms with Crippen LogP contribution in [0.2, 0.25) is 0 Å². The van der Waals surface area contributed by atoms with Crippen molar-refractivity contribution in [3.63, 3.8) is 0 Å². The zero-order chi connectivity index (χ0) is 18.4. The van der Waals surface area contributed by atoms with Crippen molar-refractivity contribution in [2.45, 2.75) is 63.6 Å². The normalized spacial score (nSPS) is 22.0. The highest BCUT2D eigenvalue weighted by atomic mass is 16.2. The Balaban J connectivity index is 1.44. The van der Waals surface area contributed by atoms with Crippen molar-refractivity contribution in [2.24, 2.45) is 0 Å². The van der Waals surface area contributed by atoms with Crippen molar-refractivity contribution in [3.8, 4) is 0 Å². The largest absolute Gasteiger partial charge is 0.378 e. The molecule has 1 aliphatic carbocycles. The molecule has 2 aliphatic rings. The van der Waals surface area contributed by atoms with Gasteiger partial charge in [0.1, 0.15) is 0 Å². The molecule has 1 heterocycles. The van der Waals surface area contributed by atoms with Gasteiger partial charge in [-0.25, -0.2) is 4.79 Å². The minimum absolute atomic E-state index is 0.0456. The molecule has 1 atom stereocenters. The molecule has 0 radical (unpaired) electrons. The summed E-state index contributed by atoms with van der Waals surface area (Å²) < 4.78 is 0. The summed E-state index contributed by atoms with van der Waals surface area (Å²) in [6.45, 7) is 2.77. The summed E-state index contributed by atoms with van der Waals surface area (Å²) in [5, 5.41) is 6.21. The zero-order valence-corrected chi connectivity index (χ0v) is 16.3. The van der Waals surface area contributed by atoms with E-state index in [1.54, 1.807) is 0 Å². The number of amides is 2. The number of piperidine rings is 1. The van der Waals surface area contributed by atoms with Crippen LogP contribution in [0.5, 0.6) is 0 Å². The maximum atomic E-state index is 12.3. The minimum atomic E-state index is -0.0456. The number of nitrogens with one attached hydrogen (secondary N) is 2. The third-order valence-electron chi connectivity index (χ3n) is 5.76. The molecular weight excluding hydrogens is 324 g/mol. The number of nitrogens with zero attached hydrogens (tertiary/aromatic N) is 2. The Bertz CT molecular complexity index is 583. The van der Waals surface area contributed by atoms with E-state index in [2.05, 4.69) is 38.6 Å². The third-order valence-corrected chi connectivity index (χ3v) is 5.76. The lowest BCUT2D eigenvalue weighted by molar-refractivity contribution is 0.112. The van der Waals surface area contributed by atoms with Crippen LogP contribution >= 0.6 is 0 Å². The average molecular weight is 359 g/mol. The van der Waals surface area contributed by atoms with Gasteiger partial charge in [-0.15, -0.1) is 0 Å². The van der Waals surface area contributed by atoms with E-state index in [1.807, 2.05) is 20.2 Å². The van der Waals surface area contributed by atoms with Crippen molar-refractivity contribution in [2.75, 3.05) is 32.1 Å². The monoisotopic (exact) mass is 358 g/mol. The molecule has 2 fully saturated rings. The summed E-state index contributed by atoms with van der Waals surface area (Å²) in [5.41, 5.74) is 2.28. The number of hydrogen-bond donors (Lipinski definition) is 2. The van der Waals surface area contributed by atoms with Gasteiger partial charge in [0.15, 0.2) is 0 Å². The van der Waals surface area contributed by atoms with Crippen LogP contribution in [0.25, 0.3) is 0 Å². The summed E-state index contributed by atoms with van der Waals surface area (Å²) >= 11 is 0. The quantitative estimate of drug-likeness (QED) is 0.849. The van der Waals surface area contributed by atoms with Crippen LogP contribution in [0.15, 0.2) is 24.3 Å². The van der Waals surface area contributed by atoms with Crippen LogP contribution in [-0.4, -0.2) is 50.2 Å². The van der Waals surface area contributed by atoms with E-state index in [4.69, 9.17) is 0 Å². The fraction of sp³-hybridized carbons (Fsp3) is 0.667. The Morgan fingerprint density at radius 2 is 1.96 bits per heavy atom. The van der Waals surface area contributed by atoms with Crippen molar-refractivity contribution in [1.82, 2.24) is 15.5 Å². The molecule has 0 aromatic heterocycles. The van der Waals surface area contributed by atoms with E-state index in [9.17, 15) is 4.79 Å². The highest BCUT2D eigenvalue weighted by Crippen LogP contribution is 2.25. The zero-order valence-electron chi connectivity index (χ0n) is 16.3. The van der Waals surface area contributed by atoms with Gasteiger partial charge in [0.25, 0.3) is 0 Å². The lowest BCUT2D eigenvalue weighted by atomic mass is 9.92. The van der Waals surface area contributed by atoms with Crippen molar-refractivity contribution in [3.05, 3.63) is 29.8 Å². The number of hydrogen-bond acceptors (Lipinski definition) is 3. The third kappa shape index (κ3) is 5.37. The van der Waals surface area contributed by atoms with Crippen molar-refractivity contribution < 1.29 is 4.79 Å². The van der Waals surface area contributed by atoms with Gasteiger partial charge in [0.2, 0.25) is 0 Å². The molecule has 1 aliphatic heterocycles. The van der Waals surface area contributed by atoms with Gasteiger partial charge in [-0.1, -0.05) is 31.4 Å². The number of anilines is 1. The predicted molar refractivity (Wildman–Crippen MR) is 108 cm³/mol. The highest BCUT2D eigenvalue weighted by Gasteiger charge is 2.27. The summed E-state index contributed by atoms with van der Waals surface area (Å²) in [7, 11) is 4.06. The second kappa shape index (κ2) is 9.26. The second-order valence-electron chi connectivity index (χ2n) is 8.02. The number of urea groups is 1. The van der Waals surface area contributed by atoms with E-state index in [0.717, 1.165) is 30.3 Å². The van der Waals surface area contributed by atoms with Gasteiger partial charge < -0.3 is 15.5 Å². The Morgan fingerprint density at radius 3 is 2.73 bits per heavy atom. The summed E-state index contributed by atoms with van der Waals surface area (Å²) in [6.07, 6.45) is 9.07. The van der Waals surface area contributed by atoms with Gasteiger partial charge in [0.05, 0.1) is 0 Å². The maximum absolute atomic E-state index is 12.3. The van der Waals surface area contributed by atoms with Crippen LogP contribution in [0.1, 0.15) is 50.5 Å². The molecule has 5 heteroatoms. The summed E-state index contributed by atoms with van der Waals surface area (Å²) in [4.78, 5) is 17.0. The van der Waals surface area contributed by atoms with Crippen molar-refractivity contribution >= 4 is 11.7 Å². The minimum Gasteiger partial charge on any atom is -0.378 e. The van der Waals surface area contributed by atoms with Crippen LogP contribution in [-0.2, 0) is 6.54 Å². The number of rotatable bonds is 5. The molecule has 3 rings (SSSR count). The predicted octanol–water partition coefficient (Wildman–Crippen LogP) is 3.35. The first-order valence-electron chi connectivity index (χ1n) is 10.2. The Labute approximate surface area is 158 Å². The van der Waals surface area contributed by atoms with Crippen LogP contribution in [0.3, 0.4) is 0 Å². The molecule has 1 aromatic rings. The highest BCUT2D eigenvalue weighted by molar-refractivity contribution is 5.74. The van der Waals surface area contributed by atoms with Gasteiger partial charge in [-0.05, 0) is 49.9 Å². The van der Waals surface area contributed by atoms with E-state index < -0.39 is 0 Å². The van der Waals surface area contributed by atoms with Crippen LogP contribution < -0.4 is 15.5 Å². The molecule has 2 N–H and O–H groups in total. The van der Waals surface area contributed by atoms with E-state index >= 15 is 0 Å². The molecule has 0 bridgehead atoms. The van der Waals surface area contributed by atoms with Gasteiger partial charge >= 0.3 is 6.03 Å². The first-order chi connectivity index (χ1) is 12.6. The average Bonchev–Trinajstić information content (AvgIpc) is 2.67. The lowest BCUT2D eigenvalue weighted by Crippen LogP contribution is -2.53. The van der Waals surface area contributed by atoms with E-state index in [1.165, 1.54) is 45.1 Å². The number of carbonyl (C=O) groups excluding carboxylic acids is 1. The molecule has 144 valence electrons. The number of benzene rings is 1. The van der Waals surface area contributed by atoms with E-state index in [-0.39, 0.29) is 12.1 Å². The smallest absolute Gasteiger partial charge is 0.315 e. The Kier molecular flexibility index (Phi) is 6.78. The molecule has 0 spiro atoms. The summed E-state index contributed by atoms with van der Waals surface area (Å²) in [5.74, 6) is 0. The standard InChI is InChI=1S/C21H34N4O/c1-24(2)20-12-6-8-17(14-20)15-22-21(26)23-18-9-7-13-25(16-18)19-10-4-3-5-11-19/h6,8,12,14,18-19H,3-5,7,9-11,13,15-16H2,1-2H3,(H2,22,23,26). The SMILES string of the molecule is CN(C)c1cccc(CNC(=O)NC2CCCN(C3CCCCC3)C2)c1. The molecule has 26 heavy (non-hydrogen) atoms. The molecule has 1 saturated carbocycles.